The van der Waals surface area contributed by atoms with Gasteiger partial charge in [-0.25, -0.2) is 0 Å². The fraction of sp³-hybridized carbons (Fsp3) is 0.588. The lowest BCUT2D eigenvalue weighted by atomic mass is 10.0. The van der Waals surface area contributed by atoms with Crippen LogP contribution in [0.5, 0.6) is 0 Å². The molecule has 1 aliphatic heterocycles. The Labute approximate surface area is 156 Å². The summed E-state index contributed by atoms with van der Waals surface area (Å²) >= 11 is 0. The molecule has 0 saturated carbocycles. The molecule has 1 fully saturated rings. The molecule has 0 radical (unpaired) electrons. The molecule has 0 spiro atoms. The van der Waals surface area contributed by atoms with Crippen molar-refractivity contribution in [3.8, 4) is 0 Å². The lowest BCUT2D eigenvalue weighted by molar-refractivity contribution is 0.0205. The summed E-state index contributed by atoms with van der Waals surface area (Å²) in [7, 11) is 0. The maximum Gasteiger partial charge on any atom is 0.193 e. The third kappa shape index (κ3) is 8.53. The number of ether oxygens (including phenoxy) is 2. The van der Waals surface area contributed by atoms with Crippen molar-refractivity contribution in [1.82, 2.24) is 0 Å². The first-order valence-corrected chi connectivity index (χ1v) is 8.03. The molecule has 0 bridgehead atoms. The topological polar surface area (TPSA) is 68.9 Å². The number of aliphatic imine (C=N–C) groups is 1. The van der Waals surface area contributed by atoms with E-state index in [2.05, 4.69) is 10.3 Å². The second-order valence-corrected chi connectivity index (χ2v) is 5.75. The SMILES string of the molecule is Cc1cccc(NC(N)=NCCCOCC2CCOCC2)c1.I. The van der Waals surface area contributed by atoms with Crippen molar-refractivity contribution < 1.29 is 9.47 Å². The molecular weight excluding hydrogens is 405 g/mol. The molecule has 1 aliphatic rings. The third-order valence-electron chi connectivity index (χ3n) is 3.71. The van der Waals surface area contributed by atoms with E-state index in [-0.39, 0.29) is 24.0 Å². The Kier molecular flexibility index (Phi) is 10.2. The van der Waals surface area contributed by atoms with Crippen molar-refractivity contribution in [2.75, 3.05) is 38.3 Å². The van der Waals surface area contributed by atoms with Crippen molar-refractivity contribution in [3.05, 3.63) is 29.8 Å². The summed E-state index contributed by atoms with van der Waals surface area (Å²) in [5.41, 5.74) is 8.03. The Bertz CT molecular complexity index is 477. The smallest absolute Gasteiger partial charge is 0.193 e. The van der Waals surface area contributed by atoms with E-state index >= 15 is 0 Å². The van der Waals surface area contributed by atoms with Crippen LogP contribution in [-0.2, 0) is 9.47 Å². The summed E-state index contributed by atoms with van der Waals surface area (Å²) in [4.78, 5) is 4.32. The van der Waals surface area contributed by atoms with Crippen LogP contribution in [0.3, 0.4) is 0 Å². The molecule has 6 heteroatoms. The first-order chi connectivity index (χ1) is 10.7. The van der Waals surface area contributed by atoms with Gasteiger partial charge in [-0.2, -0.15) is 0 Å². The molecule has 0 aliphatic carbocycles. The van der Waals surface area contributed by atoms with Crippen LogP contribution in [-0.4, -0.2) is 38.9 Å². The van der Waals surface area contributed by atoms with Gasteiger partial charge in [-0.05, 0) is 49.8 Å². The van der Waals surface area contributed by atoms with Crippen molar-refractivity contribution in [2.24, 2.45) is 16.6 Å². The molecule has 1 aromatic rings. The number of nitrogens with one attached hydrogen (secondary N) is 1. The van der Waals surface area contributed by atoms with E-state index < -0.39 is 0 Å². The van der Waals surface area contributed by atoms with Gasteiger partial charge in [0.15, 0.2) is 5.96 Å². The Morgan fingerprint density at radius 1 is 1.39 bits per heavy atom. The largest absolute Gasteiger partial charge is 0.381 e. The lowest BCUT2D eigenvalue weighted by Crippen LogP contribution is -2.23. The predicted octanol–water partition coefficient (Wildman–Crippen LogP) is 3.17. The summed E-state index contributed by atoms with van der Waals surface area (Å²) in [5, 5.41) is 3.10. The molecule has 23 heavy (non-hydrogen) atoms. The average Bonchev–Trinajstić information content (AvgIpc) is 2.52. The molecule has 2 rings (SSSR count). The molecule has 3 N–H and O–H groups in total. The zero-order chi connectivity index (χ0) is 15.6. The number of aryl methyl sites for hydroxylation is 1. The number of guanidine groups is 1. The van der Waals surface area contributed by atoms with Crippen LogP contribution in [0, 0.1) is 12.8 Å². The molecule has 0 amide bonds. The fourth-order valence-electron chi connectivity index (χ4n) is 2.44. The Morgan fingerprint density at radius 2 is 2.17 bits per heavy atom. The molecule has 0 atom stereocenters. The summed E-state index contributed by atoms with van der Waals surface area (Å²) in [6.07, 6.45) is 3.12. The summed E-state index contributed by atoms with van der Waals surface area (Å²) in [5.74, 6) is 1.11. The van der Waals surface area contributed by atoms with Gasteiger partial charge in [0.05, 0.1) is 0 Å². The molecule has 5 nitrogen and oxygen atoms in total. The van der Waals surface area contributed by atoms with Crippen molar-refractivity contribution >= 4 is 35.6 Å². The summed E-state index contributed by atoms with van der Waals surface area (Å²) < 4.78 is 11.0. The van der Waals surface area contributed by atoms with E-state index in [1.165, 1.54) is 5.56 Å². The number of nitrogens with two attached hydrogens (primary N) is 1. The van der Waals surface area contributed by atoms with E-state index in [4.69, 9.17) is 15.2 Å². The van der Waals surface area contributed by atoms with Gasteiger partial charge < -0.3 is 20.5 Å². The Hall–Kier alpha value is -0.860. The molecule has 0 unspecified atom stereocenters. The zero-order valence-corrected chi connectivity index (χ0v) is 16.1. The zero-order valence-electron chi connectivity index (χ0n) is 13.8. The van der Waals surface area contributed by atoms with Gasteiger partial charge in [0.2, 0.25) is 0 Å². The van der Waals surface area contributed by atoms with E-state index in [1.54, 1.807) is 0 Å². The van der Waals surface area contributed by atoms with Crippen molar-refractivity contribution in [3.63, 3.8) is 0 Å². The number of halogens is 1. The second-order valence-electron chi connectivity index (χ2n) is 5.75. The first kappa shape index (κ1) is 20.2. The van der Waals surface area contributed by atoms with Crippen LogP contribution in [0.15, 0.2) is 29.3 Å². The minimum atomic E-state index is 0. The first-order valence-electron chi connectivity index (χ1n) is 8.03. The highest BCUT2D eigenvalue weighted by atomic mass is 127. The standard InChI is InChI=1S/C17H27N3O2.HI/c1-14-4-2-5-16(12-14)20-17(18)19-8-3-9-22-13-15-6-10-21-11-7-15;/h2,4-5,12,15H,3,6-11,13H2,1H3,(H3,18,19,20);1H. The fourth-order valence-corrected chi connectivity index (χ4v) is 2.44. The molecule has 1 aromatic carbocycles. The summed E-state index contributed by atoms with van der Waals surface area (Å²) in [6, 6.07) is 8.06. The molecule has 1 saturated heterocycles. The van der Waals surface area contributed by atoms with Gasteiger partial charge in [-0.1, -0.05) is 12.1 Å². The highest BCUT2D eigenvalue weighted by molar-refractivity contribution is 14.0. The maximum absolute atomic E-state index is 5.87. The number of hydrogen-bond acceptors (Lipinski definition) is 3. The van der Waals surface area contributed by atoms with Gasteiger partial charge in [-0.15, -0.1) is 24.0 Å². The van der Waals surface area contributed by atoms with E-state index in [9.17, 15) is 0 Å². The minimum Gasteiger partial charge on any atom is -0.381 e. The van der Waals surface area contributed by atoms with Crippen LogP contribution in [0.4, 0.5) is 5.69 Å². The normalized spacial score (nSPS) is 16.0. The number of hydrogen-bond donors (Lipinski definition) is 2. The minimum absolute atomic E-state index is 0. The van der Waals surface area contributed by atoms with E-state index in [0.717, 1.165) is 51.4 Å². The van der Waals surface area contributed by atoms with Crippen molar-refractivity contribution in [1.29, 1.82) is 0 Å². The summed E-state index contributed by atoms with van der Waals surface area (Å²) in [6.45, 7) is 6.05. The van der Waals surface area contributed by atoms with Crippen molar-refractivity contribution in [2.45, 2.75) is 26.2 Å². The van der Waals surface area contributed by atoms with Gasteiger partial charge in [-0.3, -0.25) is 4.99 Å². The van der Waals surface area contributed by atoms with Gasteiger partial charge >= 0.3 is 0 Å². The molecule has 0 aromatic heterocycles. The number of rotatable bonds is 7. The van der Waals surface area contributed by atoms with Gasteiger partial charge in [0.25, 0.3) is 0 Å². The van der Waals surface area contributed by atoms with E-state index in [0.29, 0.717) is 18.4 Å². The number of anilines is 1. The van der Waals surface area contributed by atoms with Gasteiger partial charge in [0, 0.05) is 38.7 Å². The third-order valence-corrected chi connectivity index (χ3v) is 3.71. The highest BCUT2D eigenvalue weighted by Crippen LogP contribution is 2.14. The van der Waals surface area contributed by atoms with Crippen LogP contribution in [0.1, 0.15) is 24.8 Å². The van der Waals surface area contributed by atoms with Crippen LogP contribution in [0.25, 0.3) is 0 Å². The average molecular weight is 433 g/mol. The highest BCUT2D eigenvalue weighted by Gasteiger charge is 2.13. The maximum atomic E-state index is 5.87. The number of benzene rings is 1. The Morgan fingerprint density at radius 3 is 2.91 bits per heavy atom. The predicted molar refractivity (Wildman–Crippen MR) is 106 cm³/mol. The van der Waals surface area contributed by atoms with Gasteiger partial charge in [0.1, 0.15) is 0 Å². The van der Waals surface area contributed by atoms with E-state index in [1.807, 2.05) is 31.2 Å². The quantitative estimate of drug-likeness (QED) is 0.300. The Balaban J connectivity index is 0.00000264. The second kappa shape index (κ2) is 11.6. The van der Waals surface area contributed by atoms with Crippen LogP contribution < -0.4 is 11.1 Å². The molecule has 1 heterocycles. The monoisotopic (exact) mass is 433 g/mol. The molecule has 130 valence electrons. The van der Waals surface area contributed by atoms with Crippen LogP contribution in [0.2, 0.25) is 0 Å². The number of nitrogens with zero attached hydrogens (tertiary/aromatic N) is 1. The lowest BCUT2D eigenvalue weighted by Gasteiger charge is -2.21. The van der Waals surface area contributed by atoms with Crippen LogP contribution >= 0.6 is 24.0 Å². The molecular formula is C17H28IN3O2.